The molecule has 19 heavy (non-hydrogen) atoms. The Labute approximate surface area is 124 Å². The smallest absolute Gasteiger partial charge is 0.245 e. The number of nitrogens with zero attached hydrogens (tertiary/aromatic N) is 1. The number of halogens is 2. The molecule has 1 aromatic carbocycles. The molecule has 0 bridgehead atoms. The lowest BCUT2D eigenvalue weighted by Crippen LogP contribution is -3.14. The first kappa shape index (κ1) is 15.1. The molecule has 0 spiro atoms. The zero-order valence-electron chi connectivity index (χ0n) is 10.7. The van der Waals surface area contributed by atoms with Crippen molar-refractivity contribution in [1.29, 1.82) is 0 Å². The van der Waals surface area contributed by atoms with Crippen molar-refractivity contribution in [3.63, 3.8) is 0 Å². The van der Waals surface area contributed by atoms with Crippen LogP contribution in [-0.2, 0) is 10.0 Å². The fourth-order valence-corrected chi connectivity index (χ4v) is 4.39. The Morgan fingerprint density at radius 1 is 1.26 bits per heavy atom. The van der Waals surface area contributed by atoms with Gasteiger partial charge in [-0.3, -0.25) is 0 Å². The number of quaternary nitrogens is 1. The van der Waals surface area contributed by atoms with E-state index < -0.39 is 10.0 Å². The molecule has 1 heterocycles. The molecule has 2 rings (SSSR count). The molecule has 106 valence electrons. The second kappa shape index (κ2) is 5.97. The van der Waals surface area contributed by atoms with Gasteiger partial charge in [0.25, 0.3) is 0 Å². The van der Waals surface area contributed by atoms with Gasteiger partial charge >= 0.3 is 0 Å². The summed E-state index contributed by atoms with van der Waals surface area (Å²) in [5.41, 5.74) is 0. The summed E-state index contributed by atoms with van der Waals surface area (Å²) in [6.45, 7) is 5.82. The molecule has 0 atom stereocenters. The van der Waals surface area contributed by atoms with E-state index in [0.29, 0.717) is 18.1 Å². The first-order valence-electron chi connectivity index (χ1n) is 6.24. The second-order valence-electron chi connectivity index (χ2n) is 4.58. The largest absolute Gasteiger partial charge is 0.333 e. The second-order valence-corrected chi connectivity index (χ2v) is 7.33. The molecule has 0 amide bonds. The van der Waals surface area contributed by atoms with Crippen LogP contribution in [0.1, 0.15) is 6.92 Å². The zero-order chi connectivity index (χ0) is 14.0. The first-order valence-corrected chi connectivity index (χ1v) is 8.43. The predicted octanol–water partition coefficient (Wildman–Crippen LogP) is 0.902. The summed E-state index contributed by atoms with van der Waals surface area (Å²) in [5, 5.41) is 0.593. The van der Waals surface area contributed by atoms with Crippen LogP contribution < -0.4 is 4.90 Å². The van der Waals surface area contributed by atoms with E-state index in [9.17, 15) is 8.42 Å². The average molecular weight is 324 g/mol. The van der Waals surface area contributed by atoms with Crippen molar-refractivity contribution in [3.8, 4) is 0 Å². The highest BCUT2D eigenvalue weighted by atomic mass is 35.5. The highest BCUT2D eigenvalue weighted by Crippen LogP contribution is 2.27. The van der Waals surface area contributed by atoms with Gasteiger partial charge in [0.1, 0.15) is 4.90 Å². The third-order valence-electron chi connectivity index (χ3n) is 3.44. The number of piperazine rings is 1. The van der Waals surface area contributed by atoms with Crippen molar-refractivity contribution in [1.82, 2.24) is 4.31 Å². The third-order valence-corrected chi connectivity index (χ3v) is 6.06. The van der Waals surface area contributed by atoms with Crippen LogP contribution in [0.25, 0.3) is 0 Å². The van der Waals surface area contributed by atoms with Gasteiger partial charge in [0.05, 0.1) is 37.7 Å². The Hall–Kier alpha value is -0.330. The van der Waals surface area contributed by atoms with Crippen LogP contribution in [0.2, 0.25) is 10.0 Å². The Kier molecular flexibility index (Phi) is 4.74. The first-order chi connectivity index (χ1) is 8.95. The van der Waals surface area contributed by atoms with Gasteiger partial charge in [-0.2, -0.15) is 4.31 Å². The number of likely N-dealkylation sites (N-methyl/N-ethyl adjacent to an activating group) is 1. The quantitative estimate of drug-likeness (QED) is 0.898. The lowest BCUT2D eigenvalue weighted by Gasteiger charge is -2.31. The number of sulfonamides is 1. The summed E-state index contributed by atoms with van der Waals surface area (Å²) in [6.07, 6.45) is 0. The minimum atomic E-state index is -3.54. The molecule has 0 unspecified atom stereocenters. The number of benzene rings is 1. The molecule has 1 saturated heterocycles. The Morgan fingerprint density at radius 2 is 1.89 bits per heavy atom. The summed E-state index contributed by atoms with van der Waals surface area (Å²) >= 11 is 11.8. The average Bonchev–Trinajstić information content (AvgIpc) is 2.41. The topological polar surface area (TPSA) is 41.8 Å². The van der Waals surface area contributed by atoms with E-state index in [1.807, 2.05) is 0 Å². The van der Waals surface area contributed by atoms with Gasteiger partial charge in [-0.15, -0.1) is 0 Å². The third kappa shape index (κ3) is 3.23. The molecule has 0 radical (unpaired) electrons. The van der Waals surface area contributed by atoms with Gasteiger partial charge < -0.3 is 4.90 Å². The van der Waals surface area contributed by atoms with Crippen molar-refractivity contribution >= 4 is 33.2 Å². The molecule has 1 aliphatic heterocycles. The number of nitrogens with one attached hydrogen (secondary N) is 1. The molecule has 1 aliphatic rings. The number of hydrogen-bond donors (Lipinski definition) is 1. The zero-order valence-corrected chi connectivity index (χ0v) is 13.0. The maximum absolute atomic E-state index is 12.5. The predicted molar refractivity (Wildman–Crippen MR) is 76.5 cm³/mol. The van der Waals surface area contributed by atoms with E-state index in [1.165, 1.54) is 21.3 Å². The van der Waals surface area contributed by atoms with Crippen LogP contribution >= 0.6 is 23.2 Å². The minimum absolute atomic E-state index is 0.0987. The highest BCUT2D eigenvalue weighted by Gasteiger charge is 2.31. The molecule has 1 aromatic rings. The molecule has 7 heteroatoms. The minimum Gasteiger partial charge on any atom is -0.333 e. The molecule has 0 aromatic heterocycles. The molecule has 0 aliphatic carbocycles. The normalized spacial score (nSPS) is 18.7. The van der Waals surface area contributed by atoms with Gasteiger partial charge in [0, 0.05) is 5.02 Å². The molecule has 4 nitrogen and oxygen atoms in total. The molecule has 1 N–H and O–H groups in total. The van der Waals surface area contributed by atoms with Crippen LogP contribution in [0.4, 0.5) is 0 Å². The van der Waals surface area contributed by atoms with Gasteiger partial charge in [0.2, 0.25) is 10.0 Å². The summed E-state index contributed by atoms with van der Waals surface area (Å²) in [5.74, 6) is 0. The summed E-state index contributed by atoms with van der Waals surface area (Å²) in [6, 6.07) is 4.52. The van der Waals surface area contributed by atoms with Crippen LogP contribution in [0.15, 0.2) is 23.1 Å². The van der Waals surface area contributed by atoms with E-state index in [1.54, 1.807) is 6.07 Å². The van der Waals surface area contributed by atoms with E-state index in [-0.39, 0.29) is 9.92 Å². The summed E-state index contributed by atoms with van der Waals surface area (Å²) < 4.78 is 26.5. The van der Waals surface area contributed by atoms with Crippen LogP contribution in [0, 0.1) is 0 Å². The van der Waals surface area contributed by atoms with E-state index in [0.717, 1.165) is 19.6 Å². The SMILES string of the molecule is CC[NH+]1CCN(S(=O)(=O)c2cc(Cl)ccc2Cl)CC1. The van der Waals surface area contributed by atoms with Crippen molar-refractivity contribution in [2.75, 3.05) is 32.7 Å². The maximum Gasteiger partial charge on any atom is 0.245 e. The van der Waals surface area contributed by atoms with Gasteiger partial charge in [-0.1, -0.05) is 23.2 Å². The fourth-order valence-electron chi connectivity index (χ4n) is 2.21. The van der Waals surface area contributed by atoms with E-state index in [4.69, 9.17) is 23.2 Å². The Balaban J connectivity index is 2.26. The number of rotatable bonds is 3. The summed E-state index contributed by atoms with van der Waals surface area (Å²) in [4.78, 5) is 1.52. The lowest BCUT2D eigenvalue weighted by molar-refractivity contribution is -0.901. The number of hydrogen-bond acceptors (Lipinski definition) is 2. The van der Waals surface area contributed by atoms with Crippen LogP contribution in [0.3, 0.4) is 0 Å². The van der Waals surface area contributed by atoms with Crippen LogP contribution in [0.5, 0.6) is 0 Å². The maximum atomic E-state index is 12.5. The standard InChI is InChI=1S/C12H16Cl2N2O2S/c1-2-15-5-7-16(8-6-15)19(17,18)12-9-10(13)3-4-11(12)14/h3-4,9H,2,5-8H2,1H3/p+1. The molecular weight excluding hydrogens is 307 g/mol. The summed E-state index contributed by atoms with van der Waals surface area (Å²) in [7, 11) is -3.54. The highest BCUT2D eigenvalue weighted by molar-refractivity contribution is 7.89. The van der Waals surface area contributed by atoms with Gasteiger partial charge in [-0.25, -0.2) is 8.42 Å². The molecular formula is C12H17Cl2N2O2S+. The Morgan fingerprint density at radius 3 is 2.47 bits per heavy atom. The van der Waals surface area contributed by atoms with Crippen molar-refractivity contribution in [2.24, 2.45) is 0 Å². The van der Waals surface area contributed by atoms with E-state index >= 15 is 0 Å². The monoisotopic (exact) mass is 323 g/mol. The van der Waals surface area contributed by atoms with E-state index in [2.05, 4.69) is 6.92 Å². The van der Waals surface area contributed by atoms with Crippen LogP contribution in [-0.4, -0.2) is 45.4 Å². The fraction of sp³-hybridized carbons (Fsp3) is 0.500. The lowest BCUT2D eigenvalue weighted by atomic mass is 10.4. The van der Waals surface area contributed by atoms with Gasteiger partial charge in [0.15, 0.2) is 0 Å². The molecule has 1 fully saturated rings. The van der Waals surface area contributed by atoms with Crippen molar-refractivity contribution < 1.29 is 13.3 Å². The van der Waals surface area contributed by atoms with Crippen molar-refractivity contribution in [2.45, 2.75) is 11.8 Å². The van der Waals surface area contributed by atoms with Crippen molar-refractivity contribution in [3.05, 3.63) is 28.2 Å². The van der Waals surface area contributed by atoms with Gasteiger partial charge in [-0.05, 0) is 25.1 Å². The Bertz CT molecular complexity index is 555. The molecule has 0 saturated carbocycles.